The van der Waals surface area contributed by atoms with Crippen molar-refractivity contribution < 1.29 is 0 Å². The Labute approximate surface area is 124 Å². The molecule has 3 heteroatoms. The van der Waals surface area contributed by atoms with Crippen LogP contribution in [0, 0.1) is 5.41 Å². The summed E-state index contributed by atoms with van der Waals surface area (Å²) in [5.74, 6) is 1.10. The highest BCUT2D eigenvalue weighted by atomic mass is 15.2. The van der Waals surface area contributed by atoms with Gasteiger partial charge in [-0.2, -0.15) is 0 Å². The number of rotatable bonds is 7. The summed E-state index contributed by atoms with van der Waals surface area (Å²) in [5.41, 5.74) is 2.82. The van der Waals surface area contributed by atoms with Crippen LogP contribution in [0.2, 0.25) is 0 Å². The van der Waals surface area contributed by atoms with Gasteiger partial charge in [0.15, 0.2) is 0 Å². The summed E-state index contributed by atoms with van der Waals surface area (Å²) in [6.07, 6.45) is 2.19. The fourth-order valence-electron chi connectivity index (χ4n) is 2.38. The lowest BCUT2D eigenvalue weighted by Crippen LogP contribution is -2.30. The lowest BCUT2D eigenvalue weighted by molar-refractivity contribution is 0.417. The number of hydrogen-bond donors (Lipinski definition) is 1. The maximum atomic E-state index is 4.81. The van der Waals surface area contributed by atoms with Crippen LogP contribution in [-0.2, 0) is 13.0 Å². The Morgan fingerprint density at radius 2 is 1.90 bits per heavy atom. The first kappa shape index (κ1) is 17.0. The van der Waals surface area contributed by atoms with Crippen LogP contribution in [-0.4, -0.2) is 25.1 Å². The Morgan fingerprint density at radius 3 is 2.45 bits per heavy atom. The topological polar surface area (TPSA) is 28.2 Å². The van der Waals surface area contributed by atoms with Gasteiger partial charge in [-0.3, -0.25) is 0 Å². The van der Waals surface area contributed by atoms with Gasteiger partial charge in [0, 0.05) is 25.8 Å². The quantitative estimate of drug-likeness (QED) is 0.825. The SMILES string of the molecule is CCCc1cc(CNCC)cc(N(C)CC(C)(C)C)n1. The zero-order valence-corrected chi connectivity index (χ0v) is 14.1. The summed E-state index contributed by atoms with van der Waals surface area (Å²) in [6, 6.07) is 4.45. The minimum atomic E-state index is 0.277. The largest absolute Gasteiger partial charge is 0.359 e. The van der Waals surface area contributed by atoms with Crippen LogP contribution in [0.3, 0.4) is 0 Å². The van der Waals surface area contributed by atoms with Crippen molar-refractivity contribution in [3.8, 4) is 0 Å². The number of anilines is 1. The van der Waals surface area contributed by atoms with E-state index in [1.165, 1.54) is 11.3 Å². The first-order valence-corrected chi connectivity index (χ1v) is 7.77. The van der Waals surface area contributed by atoms with Gasteiger partial charge in [0.05, 0.1) is 0 Å². The molecule has 0 saturated carbocycles. The van der Waals surface area contributed by atoms with Crippen LogP contribution in [0.5, 0.6) is 0 Å². The summed E-state index contributed by atoms with van der Waals surface area (Å²) in [5, 5.41) is 3.40. The summed E-state index contributed by atoms with van der Waals surface area (Å²) in [4.78, 5) is 7.09. The Bertz CT molecular complexity index is 407. The monoisotopic (exact) mass is 277 g/mol. The first-order valence-electron chi connectivity index (χ1n) is 7.77. The third-order valence-corrected chi connectivity index (χ3v) is 3.11. The molecule has 3 nitrogen and oxygen atoms in total. The van der Waals surface area contributed by atoms with E-state index in [9.17, 15) is 0 Å². The molecule has 0 aliphatic carbocycles. The summed E-state index contributed by atoms with van der Waals surface area (Å²) >= 11 is 0. The molecule has 0 unspecified atom stereocenters. The number of aryl methyl sites for hydroxylation is 1. The zero-order valence-electron chi connectivity index (χ0n) is 14.1. The van der Waals surface area contributed by atoms with Gasteiger partial charge in [0.2, 0.25) is 0 Å². The van der Waals surface area contributed by atoms with Gasteiger partial charge >= 0.3 is 0 Å². The molecule has 0 aliphatic rings. The van der Waals surface area contributed by atoms with Crippen molar-refractivity contribution in [2.75, 3.05) is 25.0 Å². The molecular formula is C17H31N3. The summed E-state index contributed by atoms with van der Waals surface area (Å²) < 4.78 is 0. The minimum absolute atomic E-state index is 0.277. The van der Waals surface area contributed by atoms with Crippen LogP contribution in [0.25, 0.3) is 0 Å². The predicted octanol–water partition coefficient (Wildman–Crippen LogP) is 3.63. The third kappa shape index (κ3) is 5.91. The van der Waals surface area contributed by atoms with E-state index in [0.717, 1.165) is 38.3 Å². The summed E-state index contributed by atoms with van der Waals surface area (Å²) in [6.45, 7) is 14.1. The smallest absolute Gasteiger partial charge is 0.128 e. The van der Waals surface area contributed by atoms with E-state index in [1.54, 1.807) is 0 Å². The van der Waals surface area contributed by atoms with Crippen molar-refractivity contribution in [1.82, 2.24) is 10.3 Å². The maximum absolute atomic E-state index is 4.81. The molecular weight excluding hydrogens is 246 g/mol. The molecule has 0 bridgehead atoms. The van der Waals surface area contributed by atoms with Crippen molar-refractivity contribution >= 4 is 5.82 Å². The Kier molecular flexibility index (Phi) is 6.47. The van der Waals surface area contributed by atoms with Crippen molar-refractivity contribution in [3.63, 3.8) is 0 Å². The first-order chi connectivity index (χ1) is 9.35. The molecule has 0 fully saturated rings. The molecule has 20 heavy (non-hydrogen) atoms. The average molecular weight is 277 g/mol. The van der Waals surface area contributed by atoms with E-state index in [1.807, 2.05) is 0 Å². The molecule has 0 aromatic carbocycles. The molecule has 1 heterocycles. The standard InChI is InChI=1S/C17H31N3/c1-7-9-15-10-14(12-18-8-2)11-16(19-15)20(6)13-17(3,4)5/h10-11,18H,7-9,12-13H2,1-6H3. The van der Waals surface area contributed by atoms with Crippen LogP contribution < -0.4 is 10.2 Å². The highest BCUT2D eigenvalue weighted by Crippen LogP contribution is 2.21. The van der Waals surface area contributed by atoms with Crippen molar-refractivity contribution in [1.29, 1.82) is 0 Å². The normalized spacial score (nSPS) is 11.7. The molecule has 0 atom stereocenters. The lowest BCUT2D eigenvalue weighted by Gasteiger charge is -2.28. The third-order valence-electron chi connectivity index (χ3n) is 3.11. The van der Waals surface area contributed by atoms with Crippen LogP contribution in [0.15, 0.2) is 12.1 Å². The molecule has 0 spiro atoms. The van der Waals surface area contributed by atoms with Crippen LogP contribution in [0.1, 0.15) is 52.3 Å². The number of hydrogen-bond acceptors (Lipinski definition) is 3. The molecule has 0 aliphatic heterocycles. The van der Waals surface area contributed by atoms with E-state index in [2.05, 4.69) is 64.0 Å². The predicted molar refractivity (Wildman–Crippen MR) is 88.3 cm³/mol. The minimum Gasteiger partial charge on any atom is -0.359 e. The van der Waals surface area contributed by atoms with Gasteiger partial charge in [-0.25, -0.2) is 4.98 Å². The van der Waals surface area contributed by atoms with E-state index in [4.69, 9.17) is 4.98 Å². The second kappa shape index (κ2) is 7.63. The van der Waals surface area contributed by atoms with E-state index in [-0.39, 0.29) is 5.41 Å². The van der Waals surface area contributed by atoms with Crippen molar-refractivity contribution in [2.45, 2.75) is 54.0 Å². The molecule has 0 saturated heterocycles. The van der Waals surface area contributed by atoms with Gasteiger partial charge < -0.3 is 10.2 Å². The van der Waals surface area contributed by atoms with Gasteiger partial charge in [-0.05, 0) is 36.1 Å². The summed E-state index contributed by atoms with van der Waals surface area (Å²) in [7, 11) is 2.14. The van der Waals surface area contributed by atoms with Gasteiger partial charge in [0.1, 0.15) is 5.82 Å². The Hall–Kier alpha value is -1.09. The number of pyridine rings is 1. The molecule has 1 N–H and O–H groups in total. The van der Waals surface area contributed by atoms with Crippen molar-refractivity contribution in [2.24, 2.45) is 5.41 Å². The molecule has 114 valence electrons. The lowest BCUT2D eigenvalue weighted by atomic mass is 9.96. The van der Waals surface area contributed by atoms with E-state index < -0.39 is 0 Å². The molecule has 0 amide bonds. The highest BCUT2D eigenvalue weighted by Gasteiger charge is 2.15. The van der Waals surface area contributed by atoms with Gasteiger partial charge in [0.25, 0.3) is 0 Å². The van der Waals surface area contributed by atoms with E-state index in [0.29, 0.717) is 0 Å². The second-order valence-electron chi connectivity index (χ2n) is 6.77. The van der Waals surface area contributed by atoms with Gasteiger partial charge in [-0.15, -0.1) is 0 Å². The zero-order chi connectivity index (χ0) is 15.2. The Morgan fingerprint density at radius 1 is 1.20 bits per heavy atom. The van der Waals surface area contributed by atoms with Crippen LogP contribution in [0.4, 0.5) is 5.82 Å². The van der Waals surface area contributed by atoms with Gasteiger partial charge in [-0.1, -0.05) is 41.0 Å². The average Bonchev–Trinajstić information content (AvgIpc) is 2.34. The molecule has 1 rings (SSSR count). The molecule has 1 aromatic heterocycles. The maximum Gasteiger partial charge on any atom is 0.128 e. The number of nitrogens with zero attached hydrogens (tertiary/aromatic N) is 2. The number of aromatic nitrogens is 1. The molecule has 1 aromatic rings. The Balaban J connectivity index is 2.95. The van der Waals surface area contributed by atoms with Crippen molar-refractivity contribution in [3.05, 3.63) is 23.4 Å². The fraction of sp³-hybridized carbons (Fsp3) is 0.706. The highest BCUT2D eigenvalue weighted by molar-refractivity contribution is 5.42. The van der Waals surface area contributed by atoms with E-state index >= 15 is 0 Å². The van der Waals surface area contributed by atoms with Crippen LogP contribution >= 0.6 is 0 Å². The fourth-order valence-corrected chi connectivity index (χ4v) is 2.38. The molecule has 0 radical (unpaired) electrons. The second-order valence-corrected chi connectivity index (χ2v) is 6.77. The number of nitrogens with one attached hydrogen (secondary N) is 1.